The summed E-state index contributed by atoms with van der Waals surface area (Å²) in [5.74, 6) is 0.901. The maximum atomic E-state index is 8.97. The lowest BCUT2D eigenvalue weighted by molar-refractivity contribution is 0.197. The molecule has 0 unspecified atom stereocenters. The molecule has 3 rings (SSSR count). The third-order valence-electron chi connectivity index (χ3n) is 4.55. The first kappa shape index (κ1) is 19.4. The summed E-state index contributed by atoms with van der Waals surface area (Å²) in [7, 11) is 0. The van der Waals surface area contributed by atoms with E-state index in [2.05, 4.69) is 68.2 Å². The molecule has 140 valence electrons. The van der Waals surface area contributed by atoms with Crippen LogP contribution in [0.3, 0.4) is 0 Å². The number of hydrogen-bond donors (Lipinski definition) is 1. The molecule has 1 N–H and O–H groups in total. The first-order chi connectivity index (χ1) is 13.0. The Morgan fingerprint density at radius 1 is 1.00 bits per heavy atom. The van der Waals surface area contributed by atoms with Crippen LogP contribution in [0.4, 0.5) is 0 Å². The first-order valence-electron chi connectivity index (χ1n) is 9.10. The van der Waals surface area contributed by atoms with E-state index in [4.69, 9.17) is 21.4 Å². The van der Waals surface area contributed by atoms with Crippen LogP contribution in [-0.2, 0) is 0 Å². The average molecular weight is 382 g/mol. The molecule has 0 atom stereocenters. The molecule has 3 nitrogen and oxygen atoms in total. The standard InChI is InChI=1S/C23H24ClNO2/c1-15(2)17-5-4-6-18(11-17)19-8-7-16(3)21(12-19)20-13-22(24)25-23(14-20)27-10-9-26/h4-8,11-15,26H,9-10H2,1-3H3. The quantitative estimate of drug-likeness (QED) is 0.543. The zero-order valence-electron chi connectivity index (χ0n) is 15.9. The number of ether oxygens (including phenoxy) is 1. The minimum Gasteiger partial charge on any atom is -0.475 e. The van der Waals surface area contributed by atoms with Gasteiger partial charge in [-0.2, -0.15) is 0 Å². The molecule has 0 fully saturated rings. The van der Waals surface area contributed by atoms with Crippen molar-refractivity contribution in [1.82, 2.24) is 4.98 Å². The van der Waals surface area contributed by atoms with E-state index in [1.54, 1.807) is 0 Å². The molecule has 0 aliphatic heterocycles. The van der Waals surface area contributed by atoms with Crippen LogP contribution >= 0.6 is 11.6 Å². The highest BCUT2D eigenvalue weighted by atomic mass is 35.5. The van der Waals surface area contributed by atoms with Gasteiger partial charge in [-0.05, 0) is 58.4 Å². The Kier molecular flexibility index (Phi) is 6.15. The second-order valence-corrected chi connectivity index (χ2v) is 7.29. The molecule has 2 aromatic carbocycles. The summed E-state index contributed by atoms with van der Waals surface area (Å²) in [4.78, 5) is 4.17. The lowest BCUT2D eigenvalue weighted by Crippen LogP contribution is -2.03. The predicted molar refractivity (Wildman–Crippen MR) is 112 cm³/mol. The van der Waals surface area contributed by atoms with Crippen LogP contribution in [0.2, 0.25) is 5.15 Å². The highest BCUT2D eigenvalue weighted by molar-refractivity contribution is 6.29. The topological polar surface area (TPSA) is 42.4 Å². The number of rotatable bonds is 6. The second-order valence-electron chi connectivity index (χ2n) is 6.90. The van der Waals surface area contributed by atoms with Crippen molar-refractivity contribution in [2.45, 2.75) is 26.7 Å². The zero-order chi connectivity index (χ0) is 19.4. The molecule has 0 aliphatic rings. The molecule has 3 aromatic rings. The van der Waals surface area contributed by atoms with Gasteiger partial charge in [-0.3, -0.25) is 0 Å². The van der Waals surface area contributed by atoms with E-state index in [0.29, 0.717) is 17.0 Å². The Balaban J connectivity index is 2.04. The van der Waals surface area contributed by atoms with Crippen LogP contribution in [0.1, 0.15) is 30.9 Å². The number of halogens is 1. The number of aliphatic hydroxyl groups excluding tert-OH is 1. The summed E-state index contributed by atoms with van der Waals surface area (Å²) < 4.78 is 5.45. The maximum Gasteiger partial charge on any atom is 0.215 e. The molecule has 1 aromatic heterocycles. The molecule has 0 bridgehead atoms. The summed E-state index contributed by atoms with van der Waals surface area (Å²) in [5, 5.41) is 9.33. The van der Waals surface area contributed by atoms with Crippen molar-refractivity contribution >= 4 is 11.6 Å². The molecule has 0 amide bonds. The van der Waals surface area contributed by atoms with E-state index >= 15 is 0 Å². The smallest absolute Gasteiger partial charge is 0.215 e. The van der Waals surface area contributed by atoms with Gasteiger partial charge in [-0.1, -0.05) is 61.8 Å². The molecular weight excluding hydrogens is 358 g/mol. The zero-order valence-corrected chi connectivity index (χ0v) is 16.6. The Hall–Kier alpha value is -2.36. The van der Waals surface area contributed by atoms with Crippen molar-refractivity contribution < 1.29 is 9.84 Å². The molecule has 1 heterocycles. The van der Waals surface area contributed by atoms with Crippen LogP contribution < -0.4 is 4.74 Å². The van der Waals surface area contributed by atoms with E-state index < -0.39 is 0 Å². The number of nitrogens with zero attached hydrogens (tertiary/aromatic N) is 1. The Morgan fingerprint density at radius 3 is 2.52 bits per heavy atom. The first-order valence-corrected chi connectivity index (χ1v) is 9.48. The van der Waals surface area contributed by atoms with Gasteiger partial charge in [0.1, 0.15) is 11.8 Å². The largest absolute Gasteiger partial charge is 0.475 e. The summed E-state index contributed by atoms with van der Waals surface area (Å²) >= 11 is 6.19. The lowest BCUT2D eigenvalue weighted by atomic mass is 9.93. The molecule has 0 spiro atoms. The summed E-state index contributed by atoms with van der Waals surface area (Å²) in [6.45, 7) is 6.60. The fourth-order valence-corrected chi connectivity index (χ4v) is 3.24. The third kappa shape index (κ3) is 4.68. The summed E-state index contributed by atoms with van der Waals surface area (Å²) in [6, 6.07) is 18.8. The van der Waals surface area contributed by atoms with Crippen LogP contribution in [0, 0.1) is 6.92 Å². The normalized spacial score (nSPS) is 11.0. The third-order valence-corrected chi connectivity index (χ3v) is 4.74. The van der Waals surface area contributed by atoms with Gasteiger partial charge in [-0.25, -0.2) is 4.98 Å². The van der Waals surface area contributed by atoms with Gasteiger partial charge in [0.2, 0.25) is 5.88 Å². The van der Waals surface area contributed by atoms with Gasteiger partial charge in [0, 0.05) is 6.07 Å². The van der Waals surface area contributed by atoms with E-state index in [1.165, 1.54) is 11.1 Å². The van der Waals surface area contributed by atoms with Crippen molar-refractivity contribution in [2.75, 3.05) is 13.2 Å². The summed E-state index contributed by atoms with van der Waals surface area (Å²) in [5.41, 5.74) is 6.85. The second kappa shape index (κ2) is 8.55. The Bertz CT molecular complexity index is 937. The molecule has 27 heavy (non-hydrogen) atoms. The highest BCUT2D eigenvalue weighted by Gasteiger charge is 2.10. The number of benzene rings is 2. The fraction of sp³-hybridized carbons (Fsp3) is 0.261. The van der Waals surface area contributed by atoms with Crippen LogP contribution in [0.5, 0.6) is 5.88 Å². The minimum atomic E-state index is -0.0652. The van der Waals surface area contributed by atoms with E-state index in [1.807, 2.05) is 12.1 Å². The molecular formula is C23H24ClNO2. The molecule has 0 aliphatic carbocycles. The molecule has 0 saturated heterocycles. The monoisotopic (exact) mass is 381 g/mol. The SMILES string of the molecule is Cc1ccc(-c2cccc(C(C)C)c2)cc1-c1cc(Cl)nc(OCCO)c1. The number of hydrogen-bond acceptors (Lipinski definition) is 3. The van der Waals surface area contributed by atoms with Gasteiger partial charge < -0.3 is 9.84 Å². The van der Waals surface area contributed by atoms with Crippen molar-refractivity contribution in [3.63, 3.8) is 0 Å². The van der Waals surface area contributed by atoms with Gasteiger partial charge >= 0.3 is 0 Å². The summed E-state index contributed by atoms with van der Waals surface area (Å²) in [6.07, 6.45) is 0. The van der Waals surface area contributed by atoms with Crippen molar-refractivity contribution in [2.24, 2.45) is 0 Å². The van der Waals surface area contributed by atoms with Crippen molar-refractivity contribution in [1.29, 1.82) is 0 Å². The number of pyridine rings is 1. The van der Waals surface area contributed by atoms with Gasteiger partial charge in [0.05, 0.1) is 6.61 Å². The average Bonchev–Trinajstić information content (AvgIpc) is 2.66. The van der Waals surface area contributed by atoms with E-state index in [9.17, 15) is 0 Å². The molecule has 0 radical (unpaired) electrons. The van der Waals surface area contributed by atoms with Gasteiger partial charge in [0.15, 0.2) is 0 Å². The van der Waals surface area contributed by atoms with Crippen molar-refractivity contribution in [3.8, 4) is 28.1 Å². The molecule has 4 heteroatoms. The van der Waals surface area contributed by atoms with Crippen molar-refractivity contribution in [3.05, 3.63) is 70.9 Å². The Morgan fingerprint density at radius 2 is 1.78 bits per heavy atom. The number of aliphatic hydroxyl groups is 1. The molecule has 0 saturated carbocycles. The lowest BCUT2D eigenvalue weighted by Gasteiger charge is -2.13. The minimum absolute atomic E-state index is 0.0652. The highest BCUT2D eigenvalue weighted by Crippen LogP contribution is 2.33. The maximum absolute atomic E-state index is 8.97. The van der Waals surface area contributed by atoms with E-state index in [0.717, 1.165) is 22.3 Å². The fourth-order valence-electron chi connectivity index (χ4n) is 3.04. The van der Waals surface area contributed by atoms with Gasteiger partial charge in [0.25, 0.3) is 0 Å². The van der Waals surface area contributed by atoms with Crippen LogP contribution in [0.25, 0.3) is 22.3 Å². The number of aromatic nitrogens is 1. The van der Waals surface area contributed by atoms with E-state index in [-0.39, 0.29) is 13.2 Å². The van der Waals surface area contributed by atoms with Gasteiger partial charge in [-0.15, -0.1) is 0 Å². The Labute approximate surface area is 165 Å². The van der Waals surface area contributed by atoms with Crippen LogP contribution in [0.15, 0.2) is 54.6 Å². The predicted octanol–water partition coefficient (Wildman–Crippen LogP) is 5.87. The number of aryl methyl sites for hydroxylation is 1. The van der Waals surface area contributed by atoms with Crippen LogP contribution in [-0.4, -0.2) is 23.3 Å².